The number of hydrogen-bond donors (Lipinski definition) is 1. The van der Waals surface area contributed by atoms with Crippen LogP contribution in [0.4, 0.5) is 8.78 Å². The van der Waals surface area contributed by atoms with E-state index in [0.717, 1.165) is 18.5 Å². The SMILES string of the molecule is CCC(F)(F)c1ccc(CCNC)cc1. The highest BCUT2D eigenvalue weighted by atomic mass is 19.3. The van der Waals surface area contributed by atoms with Gasteiger partial charge in [0.25, 0.3) is 5.92 Å². The molecule has 0 amide bonds. The van der Waals surface area contributed by atoms with Crippen molar-refractivity contribution in [2.24, 2.45) is 0 Å². The highest BCUT2D eigenvalue weighted by Crippen LogP contribution is 2.31. The zero-order chi connectivity index (χ0) is 11.3. The van der Waals surface area contributed by atoms with Crippen molar-refractivity contribution in [3.8, 4) is 0 Å². The summed E-state index contributed by atoms with van der Waals surface area (Å²) in [5.41, 5.74) is 1.19. The molecule has 3 heteroatoms. The molecule has 0 saturated heterocycles. The maximum atomic E-state index is 13.3. The second kappa shape index (κ2) is 5.21. The predicted octanol–water partition coefficient (Wildman–Crippen LogP) is 2.95. The summed E-state index contributed by atoms with van der Waals surface area (Å²) in [5, 5.41) is 3.02. The summed E-state index contributed by atoms with van der Waals surface area (Å²) in [6.45, 7) is 2.36. The average Bonchev–Trinajstić information content (AvgIpc) is 2.27. The molecule has 15 heavy (non-hydrogen) atoms. The van der Waals surface area contributed by atoms with Crippen molar-refractivity contribution < 1.29 is 8.78 Å². The average molecular weight is 213 g/mol. The van der Waals surface area contributed by atoms with Gasteiger partial charge in [-0.05, 0) is 25.6 Å². The predicted molar refractivity (Wildman–Crippen MR) is 58.3 cm³/mol. The minimum atomic E-state index is -2.69. The fourth-order valence-electron chi connectivity index (χ4n) is 1.39. The third kappa shape index (κ3) is 3.27. The van der Waals surface area contributed by atoms with Gasteiger partial charge in [-0.3, -0.25) is 0 Å². The molecule has 0 fully saturated rings. The van der Waals surface area contributed by atoms with Crippen molar-refractivity contribution in [3.63, 3.8) is 0 Å². The fourth-order valence-corrected chi connectivity index (χ4v) is 1.39. The molecule has 0 aliphatic heterocycles. The standard InChI is InChI=1S/C12H17F2N/c1-3-12(13,14)11-6-4-10(5-7-11)8-9-15-2/h4-7,15H,3,8-9H2,1-2H3. The second-order valence-electron chi connectivity index (χ2n) is 3.61. The van der Waals surface area contributed by atoms with Crippen molar-refractivity contribution >= 4 is 0 Å². The van der Waals surface area contributed by atoms with E-state index in [-0.39, 0.29) is 12.0 Å². The molecule has 1 nitrogen and oxygen atoms in total. The van der Waals surface area contributed by atoms with Crippen LogP contribution in [0.15, 0.2) is 24.3 Å². The molecule has 1 aromatic rings. The van der Waals surface area contributed by atoms with E-state index in [1.807, 2.05) is 7.05 Å². The molecular formula is C12H17F2N. The quantitative estimate of drug-likeness (QED) is 0.793. The Morgan fingerprint density at radius 1 is 1.20 bits per heavy atom. The van der Waals surface area contributed by atoms with Crippen molar-refractivity contribution in [2.75, 3.05) is 13.6 Å². The third-order valence-corrected chi connectivity index (χ3v) is 2.48. The molecule has 1 N–H and O–H groups in total. The molecule has 0 saturated carbocycles. The lowest BCUT2D eigenvalue weighted by Gasteiger charge is -2.14. The molecule has 0 aliphatic carbocycles. The van der Waals surface area contributed by atoms with Gasteiger partial charge in [-0.2, -0.15) is 0 Å². The van der Waals surface area contributed by atoms with Crippen LogP contribution in [0, 0.1) is 0 Å². The van der Waals surface area contributed by atoms with Crippen molar-refractivity contribution in [2.45, 2.75) is 25.7 Å². The Bertz CT molecular complexity index is 293. The van der Waals surface area contributed by atoms with Gasteiger partial charge in [-0.15, -0.1) is 0 Å². The normalized spacial score (nSPS) is 11.7. The number of halogens is 2. The van der Waals surface area contributed by atoms with E-state index in [1.165, 1.54) is 19.1 Å². The second-order valence-corrected chi connectivity index (χ2v) is 3.61. The largest absolute Gasteiger partial charge is 0.319 e. The van der Waals surface area contributed by atoms with Gasteiger partial charge in [0, 0.05) is 12.0 Å². The van der Waals surface area contributed by atoms with Crippen LogP contribution in [0.3, 0.4) is 0 Å². The Morgan fingerprint density at radius 2 is 1.80 bits per heavy atom. The van der Waals surface area contributed by atoms with Gasteiger partial charge < -0.3 is 5.32 Å². The first-order valence-electron chi connectivity index (χ1n) is 5.22. The van der Waals surface area contributed by atoms with E-state index in [0.29, 0.717) is 0 Å². The van der Waals surface area contributed by atoms with Crippen LogP contribution in [0.1, 0.15) is 24.5 Å². The van der Waals surface area contributed by atoms with E-state index in [2.05, 4.69) is 5.32 Å². The summed E-state index contributed by atoms with van der Waals surface area (Å²) >= 11 is 0. The molecular weight excluding hydrogens is 196 g/mol. The van der Waals surface area contributed by atoms with Crippen molar-refractivity contribution in [1.29, 1.82) is 0 Å². The smallest absolute Gasteiger partial charge is 0.273 e. The summed E-state index contributed by atoms with van der Waals surface area (Å²) < 4.78 is 26.5. The van der Waals surface area contributed by atoms with Crippen LogP contribution in [-0.2, 0) is 12.3 Å². The van der Waals surface area contributed by atoms with E-state index in [1.54, 1.807) is 12.1 Å². The highest BCUT2D eigenvalue weighted by molar-refractivity contribution is 5.25. The van der Waals surface area contributed by atoms with Gasteiger partial charge >= 0.3 is 0 Å². The zero-order valence-corrected chi connectivity index (χ0v) is 9.19. The van der Waals surface area contributed by atoms with Crippen molar-refractivity contribution in [3.05, 3.63) is 35.4 Å². The fraction of sp³-hybridized carbons (Fsp3) is 0.500. The summed E-state index contributed by atoms with van der Waals surface area (Å²) in [4.78, 5) is 0. The van der Waals surface area contributed by atoms with Gasteiger partial charge in [0.2, 0.25) is 0 Å². The van der Waals surface area contributed by atoms with Crippen LogP contribution in [0.25, 0.3) is 0 Å². The minimum Gasteiger partial charge on any atom is -0.319 e. The van der Waals surface area contributed by atoms with Gasteiger partial charge in [0.1, 0.15) is 0 Å². The summed E-state index contributed by atoms with van der Waals surface area (Å²) in [7, 11) is 1.87. The lowest BCUT2D eigenvalue weighted by Crippen LogP contribution is -2.12. The van der Waals surface area contributed by atoms with Gasteiger partial charge in [-0.1, -0.05) is 31.2 Å². The van der Waals surface area contributed by atoms with Crippen LogP contribution < -0.4 is 5.32 Å². The van der Waals surface area contributed by atoms with Crippen molar-refractivity contribution in [1.82, 2.24) is 5.32 Å². The Balaban J connectivity index is 2.72. The van der Waals surface area contributed by atoms with Gasteiger partial charge in [-0.25, -0.2) is 8.78 Å². The molecule has 0 bridgehead atoms. The van der Waals surface area contributed by atoms with Crippen LogP contribution in [-0.4, -0.2) is 13.6 Å². The monoisotopic (exact) mass is 213 g/mol. The molecule has 1 aromatic carbocycles. The lowest BCUT2D eigenvalue weighted by atomic mass is 10.0. The number of benzene rings is 1. The zero-order valence-electron chi connectivity index (χ0n) is 9.19. The molecule has 1 rings (SSSR count). The Hall–Kier alpha value is -0.960. The number of alkyl halides is 2. The number of hydrogen-bond acceptors (Lipinski definition) is 1. The lowest BCUT2D eigenvalue weighted by molar-refractivity contribution is -0.00829. The summed E-state index contributed by atoms with van der Waals surface area (Å²) in [6.07, 6.45) is 0.720. The van der Waals surface area contributed by atoms with Crippen LogP contribution >= 0.6 is 0 Å². The van der Waals surface area contributed by atoms with E-state index >= 15 is 0 Å². The first kappa shape index (κ1) is 12.1. The molecule has 0 atom stereocenters. The molecule has 0 aromatic heterocycles. The number of rotatable bonds is 5. The van der Waals surface area contributed by atoms with E-state index in [9.17, 15) is 8.78 Å². The van der Waals surface area contributed by atoms with E-state index in [4.69, 9.17) is 0 Å². The number of nitrogens with one attached hydrogen (secondary N) is 1. The third-order valence-electron chi connectivity index (χ3n) is 2.48. The molecule has 0 radical (unpaired) electrons. The molecule has 84 valence electrons. The maximum absolute atomic E-state index is 13.3. The Kier molecular flexibility index (Phi) is 4.21. The first-order valence-corrected chi connectivity index (χ1v) is 5.22. The topological polar surface area (TPSA) is 12.0 Å². The summed E-state index contributed by atoms with van der Waals surface area (Å²) in [5.74, 6) is -2.69. The van der Waals surface area contributed by atoms with Crippen LogP contribution in [0.2, 0.25) is 0 Å². The maximum Gasteiger partial charge on any atom is 0.273 e. The molecule has 0 unspecified atom stereocenters. The minimum absolute atomic E-state index is 0.109. The van der Waals surface area contributed by atoms with Gasteiger partial charge in [0.05, 0.1) is 0 Å². The molecule has 0 heterocycles. The summed E-state index contributed by atoms with van der Waals surface area (Å²) in [6, 6.07) is 6.59. The molecule has 0 aliphatic rings. The highest BCUT2D eigenvalue weighted by Gasteiger charge is 2.28. The Labute approximate surface area is 89.5 Å². The first-order chi connectivity index (χ1) is 7.10. The Morgan fingerprint density at radius 3 is 2.27 bits per heavy atom. The molecule has 0 spiro atoms. The van der Waals surface area contributed by atoms with Crippen LogP contribution in [0.5, 0.6) is 0 Å². The number of likely N-dealkylation sites (N-methyl/N-ethyl adjacent to an activating group) is 1. The van der Waals surface area contributed by atoms with Gasteiger partial charge in [0.15, 0.2) is 0 Å². The van der Waals surface area contributed by atoms with E-state index < -0.39 is 5.92 Å².